The van der Waals surface area contributed by atoms with E-state index in [0.29, 0.717) is 17.1 Å². The smallest absolute Gasteiger partial charge is 0.222 e. The van der Waals surface area contributed by atoms with Crippen molar-refractivity contribution >= 4 is 33.8 Å². The molecule has 0 aliphatic rings. The second kappa shape index (κ2) is 6.30. The van der Waals surface area contributed by atoms with Crippen LogP contribution in [0.25, 0.3) is 27.8 Å². The van der Waals surface area contributed by atoms with Crippen LogP contribution in [0.1, 0.15) is 29.3 Å². The number of aromatic nitrogens is 4. The van der Waals surface area contributed by atoms with E-state index in [1.807, 2.05) is 44.4 Å². The van der Waals surface area contributed by atoms with Crippen LogP contribution in [-0.2, 0) is 4.79 Å². The highest BCUT2D eigenvalue weighted by atomic mass is 16.3. The van der Waals surface area contributed by atoms with Crippen LogP contribution in [0.4, 0.5) is 5.82 Å². The van der Waals surface area contributed by atoms with Gasteiger partial charge in [-0.3, -0.25) is 9.36 Å². The van der Waals surface area contributed by atoms with Crippen molar-refractivity contribution in [1.82, 2.24) is 19.5 Å². The summed E-state index contributed by atoms with van der Waals surface area (Å²) >= 11 is 0. The van der Waals surface area contributed by atoms with Gasteiger partial charge in [-0.05, 0) is 51.0 Å². The summed E-state index contributed by atoms with van der Waals surface area (Å²) in [6.07, 6.45) is 1.43. The van der Waals surface area contributed by atoms with Gasteiger partial charge in [-0.2, -0.15) is 0 Å². The predicted octanol–water partition coefficient (Wildman–Crippen LogP) is 3.87. The van der Waals surface area contributed by atoms with Gasteiger partial charge in [0.05, 0.1) is 11.1 Å². The number of hydrogen-bond donors (Lipinski definition) is 2. The van der Waals surface area contributed by atoms with Crippen molar-refractivity contribution in [1.29, 1.82) is 0 Å². The van der Waals surface area contributed by atoms with Gasteiger partial charge in [0.1, 0.15) is 23.5 Å². The number of anilines is 1. The van der Waals surface area contributed by atoms with Gasteiger partial charge in [0.15, 0.2) is 5.65 Å². The van der Waals surface area contributed by atoms with Crippen LogP contribution in [0.5, 0.6) is 5.75 Å². The number of phenolic OH excluding ortho intramolecular Hbond substituents is 1. The van der Waals surface area contributed by atoms with E-state index >= 15 is 0 Å². The summed E-state index contributed by atoms with van der Waals surface area (Å²) in [5.41, 5.74) is 5.81. The number of fused-ring (bicyclic) bond motifs is 3. The number of aryl methyl sites for hydroxylation is 3. The second-order valence-corrected chi connectivity index (χ2v) is 7.07. The zero-order chi connectivity index (χ0) is 20.2. The number of pyridine rings is 1. The monoisotopic (exact) mass is 375 g/mol. The van der Waals surface area contributed by atoms with E-state index < -0.39 is 0 Å². The SMILES string of the molecule is CC(=O)Nc1ncnc2c1c1cc(C)c(C)nc1n2-c1c(C)ccc(O)c1C. The third-order valence-corrected chi connectivity index (χ3v) is 5.09. The molecule has 3 heterocycles. The number of carbonyl (C=O) groups is 1. The average molecular weight is 375 g/mol. The van der Waals surface area contributed by atoms with Crippen LogP contribution in [0.2, 0.25) is 0 Å². The summed E-state index contributed by atoms with van der Waals surface area (Å²) in [6.45, 7) is 9.25. The summed E-state index contributed by atoms with van der Waals surface area (Å²) in [5.74, 6) is 0.444. The van der Waals surface area contributed by atoms with Crippen LogP contribution in [0.15, 0.2) is 24.5 Å². The van der Waals surface area contributed by atoms with Gasteiger partial charge < -0.3 is 10.4 Å². The molecule has 0 spiro atoms. The molecule has 2 N–H and O–H groups in total. The van der Waals surface area contributed by atoms with Gasteiger partial charge in [0.25, 0.3) is 0 Å². The van der Waals surface area contributed by atoms with Gasteiger partial charge in [0, 0.05) is 23.6 Å². The molecule has 0 radical (unpaired) electrons. The van der Waals surface area contributed by atoms with Gasteiger partial charge in [0.2, 0.25) is 5.91 Å². The molecule has 0 saturated carbocycles. The zero-order valence-corrected chi connectivity index (χ0v) is 16.5. The first kappa shape index (κ1) is 17.9. The molecule has 3 aromatic heterocycles. The van der Waals surface area contributed by atoms with Crippen molar-refractivity contribution in [2.75, 3.05) is 5.32 Å². The molecule has 0 fully saturated rings. The van der Waals surface area contributed by atoms with Crippen molar-refractivity contribution in [3.05, 3.63) is 46.9 Å². The zero-order valence-electron chi connectivity index (χ0n) is 16.5. The van der Waals surface area contributed by atoms with Gasteiger partial charge >= 0.3 is 0 Å². The molecule has 0 unspecified atom stereocenters. The van der Waals surface area contributed by atoms with Crippen molar-refractivity contribution in [3.63, 3.8) is 0 Å². The van der Waals surface area contributed by atoms with Crippen molar-refractivity contribution in [2.45, 2.75) is 34.6 Å². The predicted molar refractivity (Wildman–Crippen MR) is 109 cm³/mol. The molecule has 0 aliphatic heterocycles. The van der Waals surface area contributed by atoms with Crippen molar-refractivity contribution in [3.8, 4) is 11.4 Å². The number of aromatic hydroxyl groups is 1. The Hall–Kier alpha value is -3.48. The van der Waals surface area contributed by atoms with Gasteiger partial charge in [-0.1, -0.05) is 6.07 Å². The summed E-state index contributed by atoms with van der Waals surface area (Å²) in [4.78, 5) is 25.3. The molecule has 1 amide bonds. The molecule has 0 atom stereocenters. The number of carbonyl (C=O) groups excluding carboxylic acids is 1. The lowest BCUT2D eigenvalue weighted by Crippen LogP contribution is -2.08. The molecule has 0 aliphatic carbocycles. The molecular weight excluding hydrogens is 354 g/mol. The fourth-order valence-corrected chi connectivity index (χ4v) is 3.58. The maximum absolute atomic E-state index is 11.7. The highest BCUT2D eigenvalue weighted by Gasteiger charge is 2.22. The average Bonchev–Trinajstić information content (AvgIpc) is 2.93. The number of nitrogens with one attached hydrogen (secondary N) is 1. The standard InChI is InChI=1S/C21H21N5O2/c1-10-6-7-16(28)12(3)18(10)26-20-15(8-11(2)13(4)24-20)17-19(25-14(5)27)22-9-23-21(17)26/h6-9,28H,1-5H3,(H,22,23,25,27). The number of benzene rings is 1. The van der Waals surface area contributed by atoms with Crippen LogP contribution in [0.3, 0.4) is 0 Å². The number of rotatable bonds is 2. The molecule has 7 heteroatoms. The lowest BCUT2D eigenvalue weighted by Gasteiger charge is -2.14. The Bertz CT molecular complexity index is 1270. The first-order valence-corrected chi connectivity index (χ1v) is 9.00. The second-order valence-electron chi connectivity index (χ2n) is 7.07. The Kier molecular flexibility index (Phi) is 4.03. The minimum absolute atomic E-state index is 0.204. The summed E-state index contributed by atoms with van der Waals surface area (Å²) in [6, 6.07) is 5.59. The van der Waals surface area contributed by atoms with E-state index in [2.05, 4.69) is 15.3 Å². The van der Waals surface area contributed by atoms with E-state index in [1.54, 1.807) is 6.07 Å². The third-order valence-electron chi connectivity index (χ3n) is 5.09. The van der Waals surface area contributed by atoms with Crippen LogP contribution in [-0.4, -0.2) is 30.5 Å². The van der Waals surface area contributed by atoms with Crippen LogP contribution < -0.4 is 5.32 Å². The molecule has 0 bridgehead atoms. The van der Waals surface area contributed by atoms with E-state index in [1.165, 1.54) is 13.3 Å². The Balaban J connectivity index is 2.25. The first-order valence-electron chi connectivity index (χ1n) is 9.00. The molecular formula is C21H21N5O2. The topological polar surface area (TPSA) is 92.9 Å². The van der Waals surface area contributed by atoms with E-state index in [4.69, 9.17) is 4.98 Å². The number of hydrogen-bond acceptors (Lipinski definition) is 5. The highest BCUT2D eigenvalue weighted by molar-refractivity contribution is 6.14. The third kappa shape index (κ3) is 2.58. The molecule has 0 saturated heterocycles. The minimum atomic E-state index is -0.206. The maximum Gasteiger partial charge on any atom is 0.222 e. The number of amides is 1. The van der Waals surface area contributed by atoms with Gasteiger partial charge in [-0.15, -0.1) is 0 Å². The molecule has 4 aromatic rings. The molecule has 7 nitrogen and oxygen atoms in total. The highest BCUT2D eigenvalue weighted by Crippen LogP contribution is 2.37. The maximum atomic E-state index is 11.7. The minimum Gasteiger partial charge on any atom is -0.508 e. The van der Waals surface area contributed by atoms with Gasteiger partial charge in [-0.25, -0.2) is 15.0 Å². The van der Waals surface area contributed by atoms with Crippen LogP contribution in [0, 0.1) is 27.7 Å². The number of nitrogens with zero attached hydrogens (tertiary/aromatic N) is 4. The van der Waals surface area contributed by atoms with Crippen molar-refractivity contribution in [2.24, 2.45) is 0 Å². The van der Waals surface area contributed by atoms with E-state index in [9.17, 15) is 9.90 Å². The Morgan fingerprint density at radius 2 is 1.82 bits per heavy atom. The number of phenols is 1. The fourth-order valence-electron chi connectivity index (χ4n) is 3.58. The first-order chi connectivity index (χ1) is 13.3. The summed E-state index contributed by atoms with van der Waals surface area (Å²) in [5, 5.41) is 14.7. The van der Waals surface area contributed by atoms with E-state index in [-0.39, 0.29) is 11.7 Å². The normalized spacial score (nSPS) is 11.3. The fraction of sp³-hybridized carbons (Fsp3) is 0.238. The molecule has 142 valence electrons. The molecule has 28 heavy (non-hydrogen) atoms. The molecule has 1 aromatic carbocycles. The van der Waals surface area contributed by atoms with E-state index in [0.717, 1.165) is 38.8 Å². The Morgan fingerprint density at radius 3 is 2.54 bits per heavy atom. The summed E-state index contributed by atoms with van der Waals surface area (Å²) < 4.78 is 1.94. The van der Waals surface area contributed by atoms with Crippen LogP contribution >= 0.6 is 0 Å². The Labute approximate surface area is 162 Å². The summed E-state index contributed by atoms with van der Waals surface area (Å²) in [7, 11) is 0. The molecule has 4 rings (SSSR count). The largest absolute Gasteiger partial charge is 0.508 e. The lowest BCUT2D eigenvalue weighted by atomic mass is 10.1. The van der Waals surface area contributed by atoms with Crippen molar-refractivity contribution < 1.29 is 9.90 Å². The lowest BCUT2D eigenvalue weighted by molar-refractivity contribution is -0.114. The quantitative estimate of drug-likeness (QED) is 0.555. The Morgan fingerprint density at radius 1 is 1.07 bits per heavy atom.